The SMILES string of the molecule is O=C(Cl)Cl.O=C(Cl)c1ccccc1C(=O)Cl.O=C1OC(=O)c2ccccc21.O=C=O. The van der Waals surface area contributed by atoms with Gasteiger partial charge in [0.1, 0.15) is 0 Å². The summed E-state index contributed by atoms with van der Waals surface area (Å²) in [6.45, 7) is 0. The van der Waals surface area contributed by atoms with Crippen molar-refractivity contribution in [2.24, 2.45) is 0 Å². The molecule has 0 saturated carbocycles. The van der Waals surface area contributed by atoms with Gasteiger partial charge in [-0.05, 0) is 70.7 Å². The first-order valence-electron chi connectivity index (χ1n) is 7.25. The zero-order valence-corrected chi connectivity index (χ0v) is 17.4. The highest BCUT2D eigenvalue weighted by molar-refractivity contribution is 6.93. The van der Waals surface area contributed by atoms with Gasteiger partial charge in [0, 0.05) is 11.1 Å². The van der Waals surface area contributed by atoms with E-state index < -0.39 is 27.1 Å². The molecular formula is C18H8Cl4O8. The quantitative estimate of drug-likeness (QED) is 0.341. The molecule has 0 unspecified atom stereocenters. The minimum atomic E-state index is -0.889. The lowest BCUT2D eigenvalue weighted by atomic mass is 10.1. The van der Waals surface area contributed by atoms with Gasteiger partial charge in [-0.1, -0.05) is 24.3 Å². The monoisotopic (exact) mass is 492 g/mol. The number of cyclic esters (lactones) is 2. The Morgan fingerprint density at radius 3 is 1.20 bits per heavy atom. The minimum absolute atomic E-state index is 0.138. The largest absolute Gasteiger partial charge is 0.386 e. The van der Waals surface area contributed by atoms with Gasteiger partial charge in [-0.15, -0.1) is 0 Å². The zero-order valence-electron chi connectivity index (χ0n) is 14.4. The molecule has 0 aliphatic carbocycles. The summed E-state index contributed by atoms with van der Waals surface area (Å²) in [5, 5.41) is -1.36. The van der Waals surface area contributed by atoms with Crippen molar-refractivity contribution >= 4 is 79.7 Å². The molecule has 8 nitrogen and oxygen atoms in total. The average molecular weight is 494 g/mol. The summed E-state index contributed by atoms with van der Waals surface area (Å²) < 4.78 is 3.46. The van der Waals surface area contributed by atoms with Crippen LogP contribution in [0.2, 0.25) is 0 Å². The molecule has 2 aromatic rings. The molecule has 12 heteroatoms. The van der Waals surface area contributed by atoms with E-state index in [0.29, 0.717) is 11.1 Å². The summed E-state index contributed by atoms with van der Waals surface area (Å²) in [6, 6.07) is 12.6. The molecule has 0 atom stereocenters. The van der Waals surface area contributed by atoms with Crippen LogP contribution in [0.4, 0.5) is 4.79 Å². The van der Waals surface area contributed by atoms with Gasteiger partial charge in [0.25, 0.3) is 10.5 Å². The lowest BCUT2D eigenvalue weighted by Crippen LogP contribution is -1.99. The molecule has 1 heterocycles. The maximum absolute atomic E-state index is 10.8. The van der Waals surface area contributed by atoms with E-state index >= 15 is 0 Å². The topological polar surface area (TPSA) is 129 Å². The van der Waals surface area contributed by atoms with Gasteiger partial charge in [0.05, 0.1) is 11.1 Å². The number of ether oxygens (including phenoxy) is 1. The van der Waals surface area contributed by atoms with Crippen molar-refractivity contribution in [3.63, 3.8) is 0 Å². The number of hydrogen-bond donors (Lipinski definition) is 0. The van der Waals surface area contributed by atoms with Crippen LogP contribution in [0, 0.1) is 0 Å². The number of halogens is 4. The molecule has 0 spiro atoms. The van der Waals surface area contributed by atoms with Gasteiger partial charge in [0.2, 0.25) is 0 Å². The predicted molar refractivity (Wildman–Crippen MR) is 105 cm³/mol. The molecule has 0 N–H and O–H groups in total. The van der Waals surface area contributed by atoms with Crippen molar-refractivity contribution in [1.29, 1.82) is 0 Å². The predicted octanol–water partition coefficient (Wildman–Crippen LogP) is 4.44. The maximum Gasteiger partial charge on any atom is 0.373 e. The Morgan fingerprint density at radius 2 is 0.933 bits per heavy atom. The third kappa shape index (κ3) is 9.56. The summed E-state index contributed by atoms with van der Waals surface area (Å²) in [6.07, 6.45) is 0.250. The van der Waals surface area contributed by atoms with E-state index in [-0.39, 0.29) is 17.3 Å². The van der Waals surface area contributed by atoms with Crippen LogP contribution in [0.3, 0.4) is 0 Å². The second-order valence-corrected chi connectivity index (χ2v) is 6.19. The third-order valence-corrected chi connectivity index (χ3v) is 3.31. The lowest BCUT2D eigenvalue weighted by molar-refractivity contribution is -0.191. The summed E-state index contributed by atoms with van der Waals surface area (Å²) in [5.41, 5.74) is 0.994. The third-order valence-electron chi connectivity index (χ3n) is 2.90. The molecule has 30 heavy (non-hydrogen) atoms. The summed E-state index contributed by atoms with van der Waals surface area (Å²) in [4.78, 5) is 68.3. The van der Waals surface area contributed by atoms with Crippen LogP contribution in [0.15, 0.2) is 48.5 Å². The van der Waals surface area contributed by atoms with Gasteiger partial charge < -0.3 is 4.74 Å². The molecule has 0 amide bonds. The van der Waals surface area contributed by atoms with Crippen LogP contribution in [0.1, 0.15) is 41.4 Å². The van der Waals surface area contributed by atoms with Crippen LogP contribution < -0.4 is 0 Å². The average Bonchev–Trinajstić information content (AvgIpc) is 2.97. The number of fused-ring (bicyclic) bond motifs is 1. The van der Waals surface area contributed by atoms with Crippen LogP contribution in [-0.2, 0) is 14.3 Å². The molecule has 1 aliphatic heterocycles. The van der Waals surface area contributed by atoms with Crippen molar-refractivity contribution in [2.75, 3.05) is 0 Å². The summed E-state index contributed by atoms with van der Waals surface area (Å²) in [5.74, 6) is -1.10. The smallest absolute Gasteiger partial charge is 0.373 e. The van der Waals surface area contributed by atoms with Crippen molar-refractivity contribution in [3.05, 3.63) is 70.8 Å². The fraction of sp³-hybridized carbons (Fsp3) is 0. The first-order valence-corrected chi connectivity index (χ1v) is 8.76. The van der Waals surface area contributed by atoms with Crippen molar-refractivity contribution in [1.82, 2.24) is 0 Å². The van der Waals surface area contributed by atoms with Crippen molar-refractivity contribution in [2.45, 2.75) is 0 Å². The number of esters is 2. The van der Waals surface area contributed by atoms with Crippen molar-refractivity contribution < 1.29 is 38.3 Å². The Bertz CT molecular complexity index is 927. The highest BCUT2D eigenvalue weighted by atomic mass is 35.5. The Labute approximate surface area is 188 Å². The Kier molecular flexibility index (Phi) is 12.8. The first-order chi connectivity index (χ1) is 14.1. The fourth-order valence-electron chi connectivity index (χ4n) is 1.86. The highest BCUT2D eigenvalue weighted by Gasteiger charge is 2.28. The first kappa shape index (κ1) is 27.1. The Balaban J connectivity index is 0.000000431. The molecule has 1 aliphatic rings. The van der Waals surface area contributed by atoms with E-state index in [1.807, 2.05) is 0 Å². The van der Waals surface area contributed by atoms with Crippen LogP contribution in [-0.4, -0.2) is 33.3 Å². The summed E-state index contributed by atoms with van der Waals surface area (Å²) >= 11 is 19.2. The van der Waals surface area contributed by atoms with Crippen LogP contribution in [0.25, 0.3) is 0 Å². The van der Waals surface area contributed by atoms with Gasteiger partial charge in [-0.25, -0.2) is 9.59 Å². The fourth-order valence-corrected chi connectivity index (χ4v) is 2.19. The van der Waals surface area contributed by atoms with E-state index in [4.69, 9.17) is 37.6 Å². The van der Waals surface area contributed by atoms with Gasteiger partial charge in [-0.2, -0.15) is 9.59 Å². The maximum atomic E-state index is 10.8. The second kappa shape index (κ2) is 14.2. The van der Waals surface area contributed by atoms with Crippen LogP contribution >= 0.6 is 46.4 Å². The molecule has 0 radical (unpaired) electrons. The van der Waals surface area contributed by atoms with Gasteiger partial charge in [0.15, 0.2) is 0 Å². The molecular weight excluding hydrogens is 486 g/mol. The van der Waals surface area contributed by atoms with E-state index in [2.05, 4.69) is 27.9 Å². The number of benzene rings is 2. The van der Waals surface area contributed by atoms with E-state index in [1.165, 1.54) is 12.1 Å². The van der Waals surface area contributed by atoms with E-state index in [1.54, 1.807) is 36.4 Å². The number of rotatable bonds is 2. The lowest BCUT2D eigenvalue weighted by Gasteiger charge is -1.98. The van der Waals surface area contributed by atoms with E-state index in [9.17, 15) is 19.2 Å². The van der Waals surface area contributed by atoms with Gasteiger partial charge >= 0.3 is 22.8 Å². The standard InChI is InChI=1S/C8H4Cl2O2.C8H4O3.CCl2O.CO2/c9-7(11)5-3-1-2-4-6(5)8(10)12;9-7-5-3-1-2-4-6(5)8(10)11-7;2-1(3)4;2-1-3/h1-4H;1-4H;;. The minimum Gasteiger partial charge on any atom is -0.386 e. The van der Waals surface area contributed by atoms with Gasteiger partial charge in [-0.3, -0.25) is 14.4 Å². The number of hydrogen-bond acceptors (Lipinski definition) is 8. The Hall–Kier alpha value is -2.87. The Morgan fingerprint density at radius 1 is 0.667 bits per heavy atom. The molecule has 156 valence electrons. The molecule has 0 saturated heterocycles. The number of carbonyl (C=O) groups is 5. The molecule has 3 rings (SSSR count). The van der Waals surface area contributed by atoms with E-state index in [0.717, 1.165) is 0 Å². The molecule has 0 bridgehead atoms. The molecule has 0 aromatic heterocycles. The second-order valence-electron chi connectivity index (χ2n) is 4.62. The van der Waals surface area contributed by atoms with Crippen LogP contribution in [0.5, 0.6) is 0 Å². The summed E-state index contributed by atoms with van der Waals surface area (Å²) in [7, 11) is 0. The highest BCUT2D eigenvalue weighted by Crippen LogP contribution is 2.18. The van der Waals surface area contributed by atoms with Crippen molar-refractivity contribution in [3.8, 4) is 0 Å². The number of carbonyl (C=O) groups excluding carboxylic acids is 7. The molecule has 2 aromatic carbocycles. The normalized spacial score (nSPS) is 10.3. The zero-order chi connectivity index (χ0) is 23.3. The molecule has 0 fully saturated rings.